The van der Waals surface area contributed by atoms with Crippen LogP contribution in [0.15, 0.2) is 42.5 Å². The van der Waals surface area contributed by atoms with Crippen molar-refractivity contribution in [3.8, 4) is 5.75 Å². The summed E-state index contributed by atoms with van der Waals surface area (Å²) in [6, 6.07) is 13.8. The van der Waals surface area contributed by atoms with Gasteiger partial charge in [-0.3, -0.25) is 4.79 Å². The first kappa shape index (κ1) is 15.9. The average molecular weight is 330 g/mol. The fraction of sp³-hybridized carbons (Fsp3) is 0.316. The van der Waals surface area contributed by atoms with Crippen molar-refractivity contribution in [3.05, 3.63) is 64.2 Å². The number of halogens is 1. The summed E-state index contributed by atoms with van der Waals surface area (Å²) in [6.07, 6.45) is 3.44. The van der Waals surface area contributed by atoms with Crippen LogP contribution in [-0.2, 0) is 17.6 Å². The second-order valence-electron chi connectivity index (χ2n) is 5.84. The summed E-state index contributed by atoms with van der Waals surface area (Å²) in [5.41, 5.74) is 3.39. The zero-order chi connectivity index (χ0) is 16.2. The number of carbonyl (C=O) groups is 1. The van der Waals surface area contributed by atoms with Gasteiger partial charge < -0.3 is 10.1 Å². The molecule has 0 bridgehead atoms. The highest BCUT2D eigenvalue weighted by molar-refractivity contribution is 6.30. The molecule has 0 saturated carbocycles. The minimum absolute atomic E-state index is 0.00716. The van der Waals surface area contributed by atoms with E-state index >= 15 is 0 Å². The molecule has 0 spiro atoms. The van der Waals surface area contributed by atoms with E-state index in [9.17, 15) is 4.79 Å². The highest BCUT2D eigenvalue weighted by Gasteiger charge is 2.21. The molecule has 0 aromatic heterocycles. The summed E-state index contributed by atoms with van der Waals surface area (Å²) < 4.78 is 5.31. The lowest BCUT2D eigenvalue weighted by molar-refractivity contribution is -0.121. The van der Waals surface area contributed by atoms with Gasteiger partial charge in [0.2, 0.25) is 5.91 Å². The average Bonchev–Trinajstić information content (AvgIpc) is 2.55. The van der Waals surface area contributed by atoms with Gasteiger partial charge in [-0.15, -0.1) is 0 Å². The Balaban J connectivity index is 1.73. The van der Waals surface area contributed by atoms with Gasteiger partial charge in [-0.2, -0.15) is 0 Å². The molecule has 1 atom stereocenters. The van der Waals surface area contributed by atoms with Gasteiger partial charge in [-0.1, -0.05) is 35.9 Å². The van der Waals surface area contributed by atoms with Crippen LogP contribution in [0.1, 0.15) is 35.6 Å². The fourth-order valence-corrected chi connectivity index (χ4v) is 3.40. The SMILES string of the molecule is COc1ccc(Cl)cc1CC(=O)N[C@@H]1CCCc2ccccc21. The van der Waals surface area contributed by atoms with E-state index < -0.39 is 0 Å². The first-order valence-corrected chi connectivity index (χ1v) is 8.25. The van der Waals surface area contributed by atoms with E-state index in [1.807, 2.05) is 6.07 Å². The molecular weight excluding hydrogens is 310 g/mol. The third kappa shape index (κ3) is 3.67. The Labute approximate surface area is 141 Å². The summed E-state index contributed by atoms with van der Waals surface area (Å²) in [5.74, 6) is 0.681. The zero-order valence-corrected chi connectivity index (χ0v) is 13.9. The van der Waals surface area contributed by atoms with Gasteiger partial charge in [0.05, 0.1) is 19.6 Å². The van der Waals surface area contributed by atoms with Crippen molar-refractivity contribution in [2.24, 2.45) is 0 Å². The van der Waals surface area contributed by atoms with Crippen molar-refractivity contribution >= 4 is 17.5 Å². The number of carbonyl (C=O) groups excluding carboxylic acids is 1. The van der Waals surface area contributed by atoms with E-state index in [1.54, 1.807) is 25.3 Å². The van der Waals surface area contributed by atoms with E-state index in [4.69, 9.17) is 16.3 Å². The molecule has 0 aliphatic heterocycles. The largest absolute Gasteiger partial charge is 0.496 e. The van der Waals surface area contributed by atoms with Gasteiger partial charge in [0.15, 0.2) is 0 Å². The standard InChI is InChI=1S/C19H20ClNO2/c1-23-18-10-9-15(20)11-14(18)12-19(22)21-17-8-4-6-13-5-2-3-7-16(13)17/h2-3,5,7,9-11,17H,4,6,8,12H2,1H3,(H,21,22)/t17-/m1/s1. The molecule has 1 aliphatic rings. The molecule has 120 valence electrons. The minimum atomic E-state index is -0.00716. The number of benzene rings is 2. The van der Waals surface area contributed by atoms with Gasteiger partial charge >= 0.3 is 0 Å². The maximum Gasteiger partial charge on any atom is 0.225 e. The molecule has 0 radical (unpaired) electrons. The Kier molecular flexibility index (Phi) is 4.87. The maximum absolute atomic E-state index is 12.5. The summed E-state index contributed by atoms with van der Waals surface area (Å²) in [7, 11) is 1.60. The van der Waals surface area contributed by atoms with Crippen LogP contribution < -0.4 is 10.1 Å². The van der Waals surface area contributed by atoms with E-state index in [0.717, 1.165) is 24.8 Å². The van der Waals surface area contributed by atoms with Crippen LogP contribution in [0, 0.1) is 0 Å². The van der Waals surface area contributed by atoms with Crippen LogP contribution in [0.4, 0.5) is 0 Å². The second-order valence-corrected chi connectivity index (χ2v) is 6.28. The van der Waals surface area contributed by atoms with Crippen LogP contribution in [0.3, 0.4) is 0 Å². The van der Waals surface area contributed by atoms with Crippen molar-refractivity contribution in [1.29, 1.82) is 0 Å². The van der Waals surface area contributed by atoms with Crippen molar-refractivity contribution in [2.45, 2.75) is 31.7 Å². The Morgan fingerprint density at radius 2 is 2.13 bits per heavy atom. The number of rotatable bonds is 4. The molecular formula is C19H20ClNO2. The van der Waals surface area contributed by atoms with Gasteiger partial charge in [0.1, 0.15) is 5.75 Å². The molecule has 3 nitrogen and oxygen atoms in total. The van der Waals surface area contributed by atoms with Crippen molar-refractivity contribution in [3.63, 3.8) is 0 Å². The van der Waals surface area contributed by atoms with E-state index in [-0.39, 0.29) is 18.4 Å². The van der Waals surface area contributed by atoms with Crippen molar-refractivity contribution < 1.29 is 9.53 Å². The number of hydrogen-bond donors (Lipinski definition) is 1. The lowest BCUT2D eigenvalue weighted by Crippen LogP contribution is -2.32. The maximum atomic E-state index is 12.5. The number of hydrogen-bond acceptors (Lipinski definition) is 2. The lowest BCUT2D eigenvalue weighted by Gasteiger charge is -2.26. The van der Waals surface area contributed by atoms with Gasteiger partial charge in [-0.25, -0.2) is 0 Å². The number of nitrogens with one attached hydrogen (secondary N) is 1. The monoisotopic (exact) mass is 329 g/mol. The number of ether oxygens (including phenoxy) is 1. The molecule has 3 rings (SSSR count). The first-order valence-electron chi connectivity index (χ1n) is 7.87. The summed E-state index contributed by atoms with van der Waals surface area (Å²) >= 11 is 6.03. The van der Waals surface area contributed by atoms with Gasteiger partial charge in [0, 0.05) is 10.6 Å². The molecule has 2 aromatic carbocycles. The quantitative estimate of drug-likeness (QED) is 0.917. The van der Waals surface area contributed by atoms with Crippen molar-refractivity contribution in [2.75, 3.05) is 7.11 Å². The Bertz CT molecular complexity index is 714. The zero-order valence-electron chi connectivity index (χ0n) is 13.1. The third-order valence-electron chi connectivity index (χ3n) is 4.30. The summed E-state index contributed by atoms with van der Waals surface area (Å²) in [4.78, 5) is 12.5. The molecule has 1 aliphatic carbocycles. The Morgan fingerprint density at radius 1 is 1.30 bits per heavy atom. The lowest BCUT2D eigenvalue weighted by atomic mass is 9.87. The predicted molar refractivity (Wildman–Crippen MR) is 92.0 cm³/mol. The Hall–Kier alpha value is -2.00. The smallest absolute Gasteiger partial charge is 0.225 e. The molecule has 1 amide bonds. The first-order chi connectivity index (χ1) is 11.2. The second kappa shape index (κ2) is 7.05. The summed E-state index contributed by atoms with van der Waals surface area (Å²) in [5, 5.41) is 3.76. The van der Waals surface area contributed by atoms with Crippen LogP contribution in [0.25, 0.3) is 0 Å². The molecule has 2 aromatic rings. The molecule has 23 heavy (non-hydrogen) atoms. The van der Waals surface area contributed by atoms with Crippen LogP contribution >= 0.6 is 11.6 Å². The highest BCUT2D eigenvalue weighted by Crippen LogP contribution is 2.30. The van der Waals surface area contributed by atoms with E-state index in [2.05, 4.69) is 23.5 Å². The number of fused-ring (bicyclic) bond motifs is 1. The molecule has 0 heterocycles. The van der Waals surface area contributed by atoms with E-state index in [0.29, 0.717) is 10.8 Å². The van der Waals surface area contributed by atoms with Crippen LogP contribution in [0.2, 0.25) is 5.02 Å². The molecule has 4 heteroatoms. The third-order valence-corrected chi connectivity index (χ3v) is 4.53. The number of amides is 1. The molecule has 1 N–H and O–H groups in total. The van der Waals surface area contributed by atoms with Crippen LogP contribution in [-0.4, -0.2) is 13.0 Å². The molecule has 0 unspecified atom stereocenters. The van der Waals surface area contributed by atoms with E-state index in [1.165, 1.54) is 11.1 Å². The fourth-order valence-electron chi connectivity index (χ4n) is 3.21. The summed E-state index contributed by atoms with van der Waals surface area (Å²) in [6.45, 7) is 0. The minimum Gasteiger partial charge on any atom is -0.496 e. The predicted octanol–water partition coefficient (Wildman–Crippen LogP) is 4.08. The number of methoxy groups -OCH3 is 1. The molecule has 0 fully saturated rings. The molecule has 0 saturated heterocycles. The normalized spacial score (nSPS) is 16.5. The van der Waals surface area contributed by atoms with Gasteiger partial charge in [0.25, 0.3) is 0 Å². The topological polar surface area (TPSA) is 38.3 Å². The van der Waals surface area contributed by atoms with Crippen LogP contribution in [0.5, 0.6) is 5.75 Å². The Morgan fingerprint density at radius 3 is 2.96 bits per heavy atom. The van der Waals surface area contributed by atoms with Crippen molar-refractivity contribution in [1.82, 2.24) is 5.32 Å². The highest BCUT2D eigenvalue weighted by atomic mass is 35.5. The number of aryl methyl sites for hydroxylation is 1. The van der Waals surface area contributed by atoms with Gasteiger partial charge in [-0.05, 0) is 48.6 Å².